The average Bonchev–Trinajstić information content (AvgIpc) is 2.77. The Balaban J connectivity index is 3.26. The van der Waals surface area contributed by atoms with Gasteiger partial charge < -0.3 is 14.7 Å². The molecule has 3 heteroatoms. The fraction of sp³-hybridized carbons (Fsp3) is 0.647. The summed E-state index contributed by atoms with van der Waals surface area (Å²) in [4.78, 5) is 0.220. The molecule has 0 unspecified atom stereocenters. The van der Waals surface area contributed by atoms with E-state index in [1.807, 2.05) is 0 Å². The van der Waals surface area contributed by atoms with Crippen LogP contribution in [0, 0.1) is 0 Å². The van der Waals surface area contributed by atoms with E-state index in [2.05, 4.69) is 4.74 Å². The minimum absolute atomic E-state index is 0.220. The molecule has 0 spiro atoms. The van der Waals surface area contributed by atoms with Gasteiger partial charge in [0, 0.05) is 31.6 Å². The number of hydrogen-bond donors (Lipinski definition) is 1. The van der Waals surface area contributed by atoms with Crippen LogP contribution in [0.15, 0.2) is 24.2 Å². The second-order valence-electron chi connectivity index (χ2n) is 3.98. The van der Waals surface area contributed by atoms with Gasteiger partial charge in [0.15, 0.2) is 0 Å². The molecule has 2 rings (SSSR count). The molecule has 0 saturated heterocycles. The summed E-state index contributed by atoms with van der Waals surface area (Å²) < 4.78 is 174. The Kier molecular flexibility index (Phi) is 1.20. The van der Waals surface area contributed by atoms with Crippen molar-refractivity contribution in [2.75, 3.05) is 27.6 Å². The fourth-order valence-electron chi connectivity index (χ4n) is 1.57. The van der Waals surface area contributed by atoms with Crippen LogP contribution < -0.4 is 4.74 Å². The average molecular weight is 299 g/mol. The summed E-state index contributed by atoms with van der Waals surface area (Å²) in [6.45, 7) is -4.85. The molecule has 112 valence electrons. The van der Waals surface area contributed by atoms with E-state index in [1.165, 1.54) is 0 Å². The van der Waals surface area contributed by atoms with Gasteiger partial charge in [-0.05, 0) is 44.4 Å². The van der Waals surface area contributed by atoms with Gasteiger partial charge in [0.05, 0.1) is 22.2 Å². The van der Waals surface area contributed by atoms with Gasteiger partial charge in [0.1, 0.15) is 5.75 Å². The molecular formula is C17H27NO2. The highest BCUT2D eigenvalue weighted by Crippen LogP contribution is 2.40. The molecule has 1 aliphatic rings. The number of benzene rings is 1. The van der Waals surface area contributed by atoms with Crippen LogP contribution in [-0.2, 0) is 0 Å². The lowest BCUT2D eigenvalue weighted by atomic mass is 9.72. The van der Waals surface area contributed by atoms with Crippen molar-refractivity contribution in [1.82, 2.24) is 4.90 Å². The Morgan fingerprint density at radius 3 is 2.75 bits per heavy atom. The topological polar surface area (TPSA) is 32.7 Å². The Labute approximate surface area is 152 Å². The van der Waals surface area contributed by atoms with Gasteiger partial charge in [-0.2, -0.15) is 0 Å². The lowest BCUT2D eigenvalue weighted by Gasteiger charge is -2.40. The van der Waals surface area contributed by atoms with Crippen LogP contribution in [0.25, 0.3) is 0 Å². The zero-order valence-electron chi connectivity index (χ0n) is 31.5. The van der Waals surface area contributed by atoms with E-state index in [4.69, 9.17) is 27.4 Å². The van der Waals surface area contributed by atoms with E-state index < -0.39 is 99.4 Å². The van der Waals surface area contributed by atoms with E-state index in [9.17, 15) is 6.48 Å². The fourth-order valence-corrected chi connectivity index (χ4v) is 1.57. The third-order valence-corrected chi connectivity index (χ3v) is 2.45. The van der Waals surface area contributed by atoms with E-state index in [0.29, 0.717) is 0 Å². The largest absolute Gasteiger partial charge is 0.497 e. The van der Waals surface area contributed by atoms with E-state index >= 15 is 0 Å². The van der Waals surface area contributed by atoms with Crippen LogP contribution in [0.1, 0.15) is 72.1 Å². The summed E-state index contributed by atoms with van der Waals surface area (Å²) in [6, 6.07) is -5.58. The molecule has 0 amide bonds. The Morgan fingerprint density at radius 1 is 1.45 bits per heavy atom. The van der Waals surface area contributed by atoms with Crippen molar-refractivity contribution in [1.29, 1.82) is 0 Å². The summed E-state index contributed by atoms with van der Waals surface area (Å²) >= 11 is 0. The predicted molar refractivity (Wildman–Crippen MR) is 82.3 cm³/mol. The van der Waals surface area contributed by atoms with Crippen molar-refractivity contribution in [2.24, 2.45) is 0 Å². The molecule has 1 saturated carbocycles. The first-order valence-electron chi connectivity index (χ1n) is 16.0. The zero-order valence-corrected chi connectivity index (χ0v) is 10.5. The van der Waals surface area contributed by atoms with Crippen molar-refractivity contribution in [3.05, 3.63) is 29.7 Å². The molecule has 20 heavy (non-hydrogen) atoms. The maximum atomic E-state index is 12.0. The third-order valence-electron chi connectivity index (χ3n) is 2.45. The van der Waals surface area contributed by atoms with E-state index in [-0.39, 0.29) is 4.90 Å². The number of nitrogens with zero attached hydrogens (tertiary/aromatic N) is 1. The number of ether oxygens (including phenoxy) is 1. The van der Waals surface area contributed by atoms with Gasteiger partial charge in [-0.15, -0.1) is 0 Å². The molecule has 1 aromatic carbocycles. The molecule has 0 aliphatic heterocycles. The molecule has 1 N–H and O–H groups in total. The molecular weight excluding hydrogens is 250 g/mol. The van der Waals surface area contributed by atoms with Crippen LogP contribution >= 0.6 is 0 Å². The van der Waals surface area contributed by atoms with Crippen molar-refractivity contribution in [3.63, 3.8) is 0 Å². The summed E-state index contributed by atoms with van der Waals surface area (Å²) in [5.74, 6) is -5.09. The first-order valence-corrected chi connectivity index (χ1v) is 5.47. The van der Waals surface area contributed by atoms with Crippen molar-refractivity contribution in [2.45, 2.75) is 43.4 Å². The van der Waals surface area contributed by atoms with Crippen molar-refractivity contribution in [3.8, 4) is 5.75 Å². The van der Waals surface area contributed by atoms with Crippen molar-refractivity contribution >= 4 is 0 Å². The SMILES string of the molecule is [2H]c1c([2H])c([C@@]([2H])(CN(C)C([2H])([2H])[2H])C2(O)C([2H])([2H])C([2H])([2H])C([2H])([2H])C([2H])([2H])C2([2H])[2H])c([2H])c([2H])c1OC([2H])([2H])[2H]. The highest BCUT2D eigenvalue weighted by atomic mass is 16.5. The predicted octanol–water partition coefficient (Wildman–Crippen LogP) is 3.04. The van der Waals surface area contributed by atoms with Crippen LogP contribution in [0.4, 0.5) is 0 Å². The number of rotatable bonds is 5. The smallest absolute Gasteiger partial charge is 0.118 e. The van der Waals surface area contributed by atoms with Crippen LogP contribution in [0.2, 0.25) is 0 Å². The molecule has 0 aromatic heterocycles. The molecule has 3 nitrogen and oxygen atoms in total. The highest BCUT2D eigenvalue weighted by molar-refractivity contribution is 5.31. The van der Waals surface area contributed by atoms with Gasteiger partial charge >= 0.3 is 0 Å². The van der Waals surface area contributed by atoms with E-state index in [0.717, 1.165) is 7.05 Å². The van der Waals surface area contributed by atoms with Gasteiger partial charge in [-0.25, -0.2) is 0 Å². The van der Waals surface area contributed by atoms with Gasteiger partial charge in [0.2, 0.25) is 0 Å². The molecule has 1 fully saturated rings. The van der Waals surface area contributed by atoms with Crippen LogP contribution in [-0.4, -0.2) is 43.2 Å². The highest BCUT2D eigenvalue weighted by Gasteiger charge is 2.38. The summed E-state index contributed by atoms with van der Waals surface area (Å²) in [6.07, 6.45) is -21.1. The molecule has 0 bridgehead atoms. The molecule has 1 atom stereocenters. The Bertz CT molecular complexity index is 1140. The minimum Gasteiger partial charge on any atom is -0.497 e. The second kappa shape index (κ2) is 6.59. The summed E-state index contributed by atoms with van der Waals surface area (Å²) in [5.41, 5.74) is -5.98. The first-order chi connectivity index (χ1) is 17.7. The maximum absolute atomic E-state index is 12.0. The number of likely N-dealkylation sites (N-methyl/N-ethyl adjacent to an activating group) is 1. The normalized spacial score (nSPS) is 50.6. The van der Waals surface area contributed by atoms with Gasteiger partial charge in [0.25, 0.3) is 0 Å². The molecule has 0 heterocycles. The minimum atomic E-state index is -4.51. The quantitative estimate of drug-likeness (QED) is 0.907. The first kappa shape index (κ1) is 3.64. The van der Waals surface area contributed by atoms with Gasteiger partial charge in [-0.1, -0.05) is 31.2 Å². The monoisotopic (exact) mass is 298 g/mol. The number of hydrogen-bond acceptors (Lipinski definition) is 3. The summed E-state index contributed by atoms with van der Waals surface area (Å²) in [7, 11) is -2.58. The zero-order chi connectivity index (χ0) is 33.0. The third kappa shape index (κ3) is 3.53. The molecule has 1 aliphatic carbocycles. The number of methoxy groups -OCH3 is 1. The summed E-state index contributed by atoms with van der Waals surface area (Å²) in [5, 5.41) is 12.0. The maximum Gasteiger partial charge on any atom is 0.118 e. The van der Waals surface area contributed by atoms with Crippen LogP contribution in [0.5, 0.6) is 5.75 Å². The van der Waals surface area contributed by atoms with Gasteiger partial charge in [-0.3, -0.25) is 0 Å². The second-order valence-corrected chi connectivity index (χ2v) is 3.98. The standard InChI is InChI=1S/C17H27NO2/c1-18(2)13-16(17(19)11-5-4-6-12-17)14-7-9-15(20-3)10-8-14/h7-10,16,19H,4-6,11-13H2,1-3H3/t16-/m1/s1/i1D3,3D3,4D2,5D2,6D2,7D,8D,9D,10D,11D2,12D2,16D. The number of aliphatic hydroxyl groups is 1. The lowest BCUT2D eigenvalue weighted by Crippen LogP contribution is -2.42. The van der Waals surface area contributed by atoms with Crippen molar-refractivity contribution < 1.29 is 38.6 Å². The molecule has 1 aromatic rings. The Morgan fingerprint density at radius 2 is 2.15 bits per heavy atom. The molecule has 0 radical (unpaired) electrons. The van der Waals surface area contributed by atoms with E-state index in [1.54, 1.807) is 0 Å². The Hall–Kier alpha value is -1.06. The lowest BCUT2D eigenvalue weighted by molar-refractivity contribution is -0.0277. The van der Waals surface area contributed by atoms with Crippen LogP contribution in [0.3, 0.4) is 0 Å².